The molecule has 1 amide bonds. The Balaban J connectivity index is 3.10. The molecule has 6 nitrogen and oxygen atoms in total. The van der Waals surface area contributed by atoms with Gasteiger partial charge in [-0.2, -0.15) is 0 Å². The van der Waals surface area contributed by atoms with Crippen LogP contribution in [0.2, 0.25) is 0 Å². The van der Waals surface area contributed by atoms with Crippen LogP contribution in [-0.4, -0.2) is 52.5 Å². The second-order valence-electron chi connectivity index (χ2n) is 4.76. The van der Waals surface area contributed by atoms with E-state index in [4.69, 9.17) is 4.74 Å². The molecule has 0 aromatic heterocycles. The molecule has 1 unspecified atom stereocenters. The van der Waals surface area contributed by atoms with Crippen molar-refractivity contribution in [3.05, 3.63) is 28.2 Å². The summed E-state index contributed by atoms with van der Waals surface area (Å²) in [6, 6.07) is 4.30. The molecular weight excluding hydrogens is 360 g/mol. The number of halogens is 1. The summed E-state index contributed by atoms with van der Waals surface area (Å²) in [5.41, 5.74) is 0.279. The molecule has 0 saturated heterocycles. The molecule has 1 rings (SSSR count). The normalized spacial score (nSPS) is 13.2. The first-order chi connectivity index (χ1) is 9.70. The van der Waals surface area contributed by atoms with Crippen LogP contribution in [0.1, 0.15) is 17.3 Å². The minimum Gasteiger partial charge on any atom is -0.383 e. The molecule has 0 heterocycles. The van der Waals surface area contributed by atoms with Gasteiger partial charge in [0.1, 0.15) is 0 Å². The van der Waals surface area contributed by atoms with Gasteiger partial charge in [0.25, 0.3) is 5.91 Å². The zero-order chi connectivity index (χ0) is 16.2. The standard InChI is InChI=1S/C13H19BrN2O4S/c1-9(8-20-4)15-13(17)10-5-6-11(14)12(7-10)21(18,19)16(2)3/h5-7,9H,8H2,1-4H3,(H,15,17). The van der Waals surface area contributed by atoms with Crippen molar-refractivity contribution in [1.29, 1.82) is 0 Å². The minimum absolute atomic E-state index is 0.0551. The first kappa shape index (κ1) is 18.1. The second-order valence-corrected chi connectivity index (χ2v) is 7.74. The van der Waals surface area contributed by atoms with Gasteiger partial charge in [-0.1, -0.05) is 0 Å². The van der Waals surface area contributed by atoms with E-state index in [1.807, 2.05) is 0 Å². The number of ether oxygens (including phenoxy) is 1. The van der Waals surface area contributed by atoms with E-state index in [1.54, 1.807) is 26.2 Å². The first-order valence-electron chi connectivity index (χ1n) is 6.22. The van der Waals surface area contributed by atoms with Gasteiger partial charge in [-0.05, 0) is 41.1 Å². The Morgan fingerprint density at radius 1 is 1.43 bits per heavy atom. The van der Waals surface area contributed by atoms with Crippen LogP contribution in [0.25, 0.3) is 0 Å². The molecule has 0 aliphatic rings. The maximum atomic E-state index is 12.2. The third-order valence-corrected chi connectivity index (χ3v) is 5.56. The lowest BCUT2D eigenvalue weighted by atomic mass is 10.2. The summed E-state index contributed by atoms with van der Waals surface area (Å²) in [5.74, 6) is -0.345. The average molecular weight is 379 g/mol. The predicted molar refractivity (Wildman–Crippen MR) is 83.8 cm³/mol. The number of nitrogens with zero attached hydrogens (tertiary/aromatic N) is 1. The van der Waals surface area contributed by atoms with Gasteiger partial charge >= 0.3 is 0 Å². The summed E-state index contributed by atoms with van der Waals surface area (Å²) in [7, 11) is 0.804. The summed E-state index contributed by atoms with van der Waals surface area (Å²) in [6.07, 6.45) is 0. The minimum atomic E-state index is -3.62. The van der Waals surface area contributed by atoms with Gasteiger partial charge in [0, 0.05) is 37.3 Å². The fraction of sp³-hybridized carbons (Fsp3) is 0.462. The largest absolute Gasteiger partial charge is 0.383 e. The molecule has 0 spiro atoms. The molecule has 1 N–H and O–H groups in total. The zero-order valence-electron chi connectivity index (χ0n) is 12.4. The molecule has 21 heavy (non-hydrogen) atoms. The molecule has 0 aliphatic carbocycles. The zero-order valence-corrected chi connectivity index (χ0v) is 14.8. The van der Waals surface area contributed by atoms with Crippen molar-refractivity contribution >= 4 is 31.9 Å². The number of benzene rings is 1. The van der Waals surface area contributed by atoms with Crippen molar-refractivity contribution < 1.29 is 17.9 Å². The van der Waals surface area contributed by atoms with Crippen LogP contribution in [0, 0.1) is 0 Å². The van der Waals surface area contributed by atoms with Gasteiger partial charge in [-0.3, -0.25) is 4.79 Å². The van der Waals surface area contributed by atoms with Crippen molar-refractivity contribution in [2.45, 2.75) is 17.9 Å². The number of methoxy groups -OCH3 is 1. The number of rotatable bonds is 6. The van der Waals surface area contributed by atoms with E-state index < -0.39 is 10.0 Å². The topological polar surface area (TPSA) is 75.7 Å². The molecule has 0 saturated carbocycles. The second kappa shape index (κ2) is 7.35. The third-order valence-electron chi connectivity index (χ3n) is 2.75. The van der Waals surface area contributed by atoms with Crippen LogP contribution < -0.4 is 5.32 Å². The summed E-state index contributed by atoms with van der Waals surface area (Å²) < 4.78 is 30.9. The summed E-state index contributed by atoms with van der Waals surface area (Å²) in [6.45, 7) is 2.18. The number of hydrogen-bond acceptors (Lipinski definition) is 4. The van der Waals surface area contributed by atoms with E-state index in [0.717, 1.165) is 4.31 Å². The van der Waals surface area contributed by atoms with Crippen molar-refractivity contribution in [3.63, 3.8) is 0 Å². The monoisotopic (exact) mass is 378 g/mol. The number of carbonyl (C=O) groups excluding carboxylic acids is 1. The molecule has 1 atom stereocenters. The molecule has 0 fully saturated rings. The van der Waals surface area contributed by atoms with Gasteiger partial charge in [-0.15, -0.1) is 0 Å². The van der Waals surface area contributed by atoms with Crippen molar-refractivity contribution in [1.82, 2.24) is 9.62 Å². The van der Waals surface area contributed by atoms with Gasteiger partial charge < -0.3 is 10.1 Å². The number of sulfonamides is 1. The van der Waals surface area contributed by atoms with Crippen molar-refractivity contribution in [2.24, 2.45) is 0 Å². The lowest BCUT2D eigenvalue weighted by Gasteiger charge is -2.15. The van der Waals surface area contributed by atoms with Crippen LogP contribution in [0.4, 0.5) is 0 Å². The Morgan fingerprint density at radius 2 is 2.05 bits per heavy atom. The summed E-state index contributed by atoms with van der Waals surface area (Å²) >= 11 is 3.20. The number of nitrogens with one attached hydrogen (secondary N) is 1. The Morgan fingerprint density at radius 3 is 2.57 bits per heavy atom. The number of carbonyl (C=O) groups is 1. The molecule has 8 heteroatoms. The maximum Gasteiger partial charge on any atom is 0.251 e. The van der Waals surface area contributed by atoms with Gasteiger partial charge in [0.05, 0.1) is 11.5 Å². The van der Waals surface area contributed by atoms with E-state index in [0.29, 0.717) is 11.1 Å². The molecular formula is C13H19BrN2O4S. The lowest BCUT2D eigenvalue weighted by Crippen LogP contribution is -2.35. The average Bonchev–Trinajstić information content (AvgIpc) is 2.38. The molecule has 118 valence electrons. The van der Waals surface area contributed by atoms with E-state index in [9.17, 15) is 13.2 Å². The fourth-order valence-corrected chi connectivity index (χ4v) is 3.48. The Hall–Kier alpha value is -0.960. The molecule has 1 aromatic rings. The smallest absolute Gasteiger partial charge is 0.251 e. The van der Waals surface area contributed by atoms with Gasteiger partial charge in [0.2, 0.25) is 10.0 Å². The van der Waals surface area contributed by atoms with Crippen molar-refractivity contribution in [3.8, 4) is 0 Å². The molecule has 0 aliphatic heterocycles. The van der Waals surface area contributed by atoms with Gasteiger partial charge in [0.15, 0.2) is 0 Å². The summed E-state index contributed by atoms with van der Waals surface area (Å²) in [4.78, 5) is 12.2. The fourth-order valence-electron chi connectivity index (χ4n) is 1.64. The molecule has 0 bridgehead atoms. The SMILES string of the molecule is COCC(C)NC(=O)c1ccc(Br)c(S(=O)(=O)N(C)C)c1. The lowest BCUT2D eigenvalue weighted by molar-refractivity contribution is 0.0905. The quantitative estimate of drug-likeness (QED) is 0.812. The van der Waals surface area contributed by atoms with Crippen LogP contribution in [0.15, 0.2) is 27.6 Å². The molecule has 1 aromatic carbocycles. The first-order valence-corrected chi connectivity index (χ1v) is 8.45. The highest BCUT2D eigenvalue weighted by Crippen LogP contribution is 2.25. The predicted octanol–water partition coefficient (Wildman–Crippen LogP) is 1.46. The van der Waals surface area contributed by atoms with E-state index in [1.165, 1.54) is 20.2 Å². The number of hydrogen-bond donors (Lipinski definition) is 1. The van der Waals surface area contributed by atoms with Crippen LogP contribution in [-0.2, 0) is 14.8 Å². The maximum absolute atomic E-state index is 12.2. The van der Waals surface area contributed by atoms with E-state index in [2.05, 4.69) is 21.2 Å². The van der Waals surface area contributed by atoms with Crippen LogP contribution in [0.5, 0.6) is 0 Å². The Kier molecular flexibility index (Phi) is 6.33. The Labute approximate surface area is 133 Å². The Bertz CT molecular complexity index is 617. The van der Waals surface area contributed by atoms with Crippen LogP contribution >= 0.6 is 15.9 Å². The summed E-state index contributed by atoms with van der Waals surface area (Å²) in [5, 5.41) is 2.74. The third kappa shape index (κ3) is 4.50. The highest BCUT2D eigenvalue weighted by atomic mass is 79.9. The van der Waals surface area contributed by atoms with E-state index in [-0.39, 0.29) is 22.4 Å². The van der Waals surface area contributed by atoms with Gasteiger partial charge in [-0.25, -0.2) is 12.7 Å². The molecule has 0 radical (unpaired) electrons. The highest BCUT2D eigenvalue weighted by molar-refractivity contribution is 9.10. The highest BCUT2D eigenvalue weighted by Gasteiger charge is 2.22. The van der Waals surface area contributed by atoms with Crippen molar-refractivity contribution in [2.75, 3.05) is 27.8 Å². The number of amides is 1. The van der Waals surface area contributed by atoms with Crippen LogP contribution in [0.3, 0.4) is 0 Å². The van der Waals surface area contributed by atoms with E-state index >= 15 is 0 Å².